The van der Waals surface area contributed by atoms with Crippen LogP contribution in [0.5, 0.6) is 0 Å². The lowest BCUT2D eigenvalue weighted by Crippen LogP contribution is -2.60. The van der Waals surface area contributed by atoms with E-state index >= 15 is 0 Å². The van der Waals surface area contributed by atoms with Gasteiger partial charge in [0.05, 0.1) is 22.7 Å². The van der Waals surface area contributed by atoms with Gasteiger partial charge in [0.15, 0.2) is 12.1 Å². The molecule has 2 aliphatic rings. The topological polar surface area (TPSA) is 96.7 Å². The molecule has 30 heavy (non-hydrogen) atoms. The summed E-state index contributed by atoms with van der Waals surface area (Å²) in [5, 5.41) is 14.3. The Balaban J connectivity index is 1.55. The molecule has 2 fully saturated rings. The minimum atomic E-state index is -1.19. The summed E-state index contributed by atoms with van der Waals surface area (Å²) in [5.74, 6) is -0.721. The number of hydrogen-bond donors (Lipinski definition) is 1. The number of rotatable bonds is 4. The standard InChI is InChI=1S/C19H16Cl2FN3O4S/c20-11-6-10(7-12(21)14(11)22)30-19-16(26)15(24-25-23)17-13(28-19)8-27-18(29-17)9-4-2-1-3-5-9/h1-7,13,15-19,26H,8H2/t13-,15-,16-,17+,18?,19-/m1/s1. The first-order valence-corrected chi connectivity index (χ1v) is 10.6. The van der Waals surface area contributed by atoms with Gasteiger partial charge in [0.25, 0.3) is 0 Å². The van der Waals surface area contributed by atoms with Crippen LogP contribution in [-0.4, -0.2) is 41.5 Å². The fourth-order valence-electron chi connectivity index (χ4n) is 3.38. The second-order valence-electron chi connectivity index (χ2n) is 6.72. The maximum absolute atomic E-state index is 13.7. The molecule has 2 heterocycles. The van der Waals surface area contributed by atoms with Crippen LogP contribution >= 0.6 is 35.0 Å². The van der Waals surface area contributed by atoms with Gasteiger partial charge >= 0.3 is 0 Å². The third-order valence-electron chi connectivity index (χ3n) is 4.80. The number of benzene rings is 2. The average molecular weight is 472 g/mol. The Morgan fingerprint density at radius 3 is 2.53 bits per heavy atom. The highest BCUT2D eigenvalue weighted by Crippen LogP contribution is 2.41. The molecule has 1 N–H and O–H groups in total. The van der Waals surface area contributed by atoms with Crippen LogP contribution < -0.4 is 0 Å². The average Bonchev–Trinajstić information content (AvgIpc) is 2.75. The number of hydrogen-bond acceptors (Lipinski definition) is 6. The van der Waals surface area contributed by atoms with Crippen molar-refractivity contribution in [1.82, 2.24) is 0 Å². The summed E-state index contributed by atoms with van der Waals surface area (Å²) in [4.78, 5) is 3.36. The van der Waals surface area contributed by atoms with Gasteiger partial charge in [-0.15, -0.1) is 0 Å². The molecule has 0 aliphatic carbocycles. The Labute approximate surface area is 185 Å². The predicted octanol–water partition coefficient (Wildman–Crippen LogP) is 5.10. The van der Waals surface area contributed by atoms with E-state index in [0.29, 0.717) is 4.90 Å². The molecule has 2 aromatic rings. The quantitative estimate of drug-likeness (QED) is 0.289. The molecule has 0 spiro atoms. The minimum absolute atomic E-state index is 0.144. The maximum Gasteiger partial charge on any atom is 0.184 e. The van der Waals surface area contributed by atoms with Gasteiger partial charge in [0.1, 0.15) is 23.7 Å². The summed E-state index contributed by atoms with van der Waals surface area (Å²) in [6.45, 7) is 0.177. The smallest absolute Gasteiger partial charge is 0.184 e. The normalized spacial score (nSPS) is 30.9. The molecule has 4 rings (SSSR count). The van der Waals surface area contributed by atoms with Gasteiger partial charge in [0.2, 0.25) is 0 Å². The summed E-state index contributed by atoms with van der Waals surface area (Å²) in [6, 6.07) is 11.2. The van der Waals surface area contributed by atoms with E-state index in [1.807, 2.05) is 30.3 Å². The first kappa shape index (κ1) is 21.7. The van der Waals surface area contributed by atoms with Crippen molar-refractivity contribution < 1.29 is 23.7 Å². The van der Waals surface area contributed by atoms with Gasteiger partial charge in [-0.05, 0) is 17.7 Å². The molecular weight excluding hydrogens is 456 g/mol. The van der Waals surface area contributed by atoms with Crippen LogP contribution in [0.2, 0.25) is 10.0 Å². The monoisotopic (exact) mass is 471 g/mol. The number of azide groups is 1. The van der Waals surface area contributed by atoms with Crippen molar-refractivity contribution in [1.29, 1.82) is 0 Å². The second kappa shape index (κ2) is 9.30. The molecular formula is C19H16Cl2FN3O4S. The summed E-state index contributed by atoms with van der Waals surface area (Å²) in [6.07, 6.45) is -3.14. The zero-order valence-electron chi connectivity index (χ0n) is 15.3. The molecule has 2 aliphatic heterocycles. The first-order chi connectivity index (χ1) is 14.5. The molecule has 0 aromatic heterocycles. The third-order valence-corrected chi connectivity index (χ3v) is 6.48. The van der Waals surface area contributed by atoms with Gasteiger partial charge in [-0.1, -0.05) is 70.4 Å². The van der Waals surface area contributed by atoms with Crippen LogP contribution in [0, 0.1) is 5.82 Å². The van der Waals surface area contributed by atoms with Crippen molar-refractivity contribution in [3.63, 3.8) is 0 Å². The van der Waals surface area contributed by atoms with Crippen molar-refractivity contribution in [3.8, 4) is 0 Å². The Morgan fingerprint density at radius 1 is 1.17 bits per heavy atom. The van der Waals surface area contributed by atoms with E-state index in [4.69, 9.17) is 42.9 Å². The number of halogens is 3. The molecule has 11 heteroatoms. The molecule has 158 valence electrons. The Hall–Kier alpha value is -1.55. The van der Waals surface area contributed by atoms with E-state index in [2.05, 4.69) is 10.0 Å². The third kappa shape index (κ3) is 4.39. The van der Waals surface area contributed by atoms with E-state index in [0.717, 1.165) is 17.3 Å². The van der Waals surface area contributed by atoms with E-state index in [-0.39, 0.29) is 16.7 Å². The maximum atomic E-state index is 13.7. The number of aliphatic hydroxyl groups is 1. The van der Waals surface area contributed by atoms with E-state index in [9.17, 15) is 9.50 Å². The molecule has 6 atom stereocenters. The first-order valence-electron chi connectivity index (χ1n) is 8.99. The van der Waals surface area contributed by atoms with Crippen LogP contribution in [-0.2, 0) is 14.2 Å². The SMILES string of the molecule is [N-]=[N+]=N[C@@H]1[C@@H](O)[C@@H](Sc2cc(Cl)c(F)c(Cl)c2)O[C@@H]2COC(c3ccccc3)O[C@H]12. The van der Waals surface area contributed by atoms with Gasteiger partial charge < -0.3 is 19.3 Å². The van der Waals surface area contributed by atoms with Gasteiger partial charge in [0, 0.05) is 15.4 Å². The van der Waals surface area contributed by atoms with Gasteiger partial charge in [-0.25, -0.2) is 4.39 Å². The number of fused-ring (bicyclic) bond motifs is 1. The molecule has 7 nitrogen and oxygen atoms in total. The number of ether oxygens (including phenoxy) is 3. The van der Waals surface area contributed by atoms with Crippen molar-refractivity contribution >= 4 is 35.0 Å². The van der Waals surface area contributed by atoms with E-state index in [1.54, 1.807) is 0 Å². The highest BCUT2D eigenvalue weighted by Gasteiger charge is 2.49. The molecule has 0 bridgehead atoms. The van der Waals surface area contributed by atoms with E-state index in [1.165, 1.54) is 12.1 Å². The largest absolute Gasteiger partial charge is 0.389 e. The molecule has 1 unspecified atom stereocenters. The van der Waals surface area contributed by atoms with Gasteiger partial charge in [-0.3, -0.25) is 0 Å². The van der Waals surface area contributed by atoms with Crippen LogP contribution in [0.25, 0.3) is 10.4 Å². The Morgan fingerprint density at radius 2 is 1.87 bits per heavy atom. The Bertz CT molecular complexity index is 943. The zero-order chi connectivity index (χ0) is 21.3. The lowest BCUT2D eigenvalue weighted by Gasteiger charge is -2.46. The van der Waals surface area contributed by atoms with Crippen molar-refractivity contribution in [2.45, 2.75) is 41.0 Å². The van der Waals surface area contributed by atoms with E-state index < -0.39 is 41.9 Å². The Kier molecular flexibility index (Phi) is 6.72. The van der Waals surface area contributed by atoms with Crippen molar-refractivity contribution in [2.24, 2.45) is 5.11 Å². The van der Waals surface area contributed by atoms with Crippen molar-refractivity contribution in [3.05, 3.63) is 74.3 Å². The van der Waals surface area contributed by atoms with Gasteiger partial charge in [-0.2, -0.15) is 0 Å². The number of nitrogens with zero attached hydrogens (tertiary/aromatic N) is 3. The van der Waals surface area contributed by atoms with Crippen molar-refractivity contribution in [2.75, 3.05) is 6.61 Å². The predicted molar refractivity (Wildman–Crippen MR) is 110 cm³/mol. The lowest BCUT2D eigenvalue weighted by atomic mass is 9.97. The molecule has 2 aromatic carbocycles. The molecule has 0 saturated carbocycles. The van der Waals surface area contributed by atoms with Crippen LogP contribution in [0.15, 0.2) is 52.5 Å². The second-order valence-corrected chi connectivity index (χ2v) is 8.71. The molecule has 0 amide bonds. The lowest BCUT2D eigenvalue weighted by molar-refractivity contribution is -0.297. The zero-order valence-corrected chi connectivity index (χ0v) is 17.6. The summed E-state index contributed by atoms with van der Waals surface area (Å²) >= 11 is 12.8. The van der Waals surface area contributed by atoms with Crippen LogP contribution in [0.4, 0.5) is 4.39 Å². The molecule has 2 saturated heterocycles. The van der Waals surface area contributed by atoms with Crippen LogP contribution in [0.1, 0.15) is 11.9 Å². The highest BCUT2D eigenvalue weighted by atomic mass is 35.5. The summed E-state index contributed by atoms with van der Waals surface area (Å²) < 4.78 is 31.4. The summed E-state index contributed by atoms with van der Waals surface area (Å²) in [7, 11) is 0. The molecule has 0 radical (unpaired) electrons. The number of aliphatic hydroxyl groups excluding tert-OH is 1. The summed E-state index contributed by atoms with van der Waals surface area (Å²) in [5.41, 5.74) is 8.99. The minimum Gasteiger partial charge on any atom is -0.389 e. The van der Waals surface area contributed by atoms with Crippen LogP contribution in [0.3, 0.4) is 0 Å². The fourth-order valence-corrected chi connectivity index (χ4v) is 5.14. The number of thioether (sulfide) groups is 1. The fraction of sp³-hybridized carbons (Fsp3) is 0.368. The highest BCUT2D eigenvalue weighted by molar-refractivity contribution is 7.99.